The molecule has 1 aliphatic carbocycles. The van der Waals surface area contributed by atoms with Gasteiger partial charge in [-0.25, -0.2) is 0 Å². The van der Waals surface area contributed by atoms with Crippen LogP contribution in [0.3, 0.4) is 0 Å². The second-order valence-electron chi connectivity index (χ2n) is 3.85. The predicted molar refractivity (Wildman–Crippen MR) is 59.3 cm³/mol. The van der Waals surface area contributed by atoms with Crippen molar-refractivity contribution in [1.82, 2.24) is 5.32 Å². The summed E-state index contributed by atoms with van der Waals surface area (Å²) in [6.45, 7) is 2.63. The number of nitrogens with one attached hydrogen (secondary N) is 1. The van der Waals surface area contributed by atoms with E-state index in [1.807, 2.05) is 11.8 Å². The minimum Gasteiger partial charge on any atom is -0.396 e. The minimum atomic E-state index is 0.342. The zero-order chi connectivity index (χ0) is 9.57. The smallest absolute Gasteiger partial charge is 0.0431 e. The van der Waals surface area contributed by atoms with Crippen molar-refractivity contribution in [3.63, 3.8) is 0 Å². The van der Waals surface area contributed by atoms with Crippen molar-refractivity contribution >= 4 is 11.8 Å². The first-order chi connectivity index (χ1) is 6.33. The molecule has 2 N–H and O–H groups in total. The van der Waals surface area contributed by atoms with Crippen LogP contribution in [0.15, 0.2) is 0 Å². The number of hydrogen-bond donors (Lipinski definition) is 2. The average molecular weight is 203 g/mol. The molecule has 1 aliphatic rings. The van der Waals surface area contributed by atoms with Crippen LogP contribution >= 0.6 is 11.8 Å². The number of thioether (sulfide) groups is 1. The van der Waals surface area contributed by atoms with Crippen molar-refractivity contribution in [2.75, 3.05) is 26.0 Å². The van der Waals surface area contributed by atoms with Gasteiger partial charge in [-0.3, -0.25) is 0 Å². The van der Waals surface area contributed by atoms with Gasteiger partial charge in [-0.2, -0.15) is 11.8 Å². The molecular formula is C10H21NOS. The van der Waals surface area contributed by atoms with Crippen LogP contribution in [0.4, 0.5) is 0 Å². The maximum atomic E-state index is 8.58. The Balaban J connectivity index is 1.84. The van der Waals surface area contributed by atoms with Crippen molar-refractivity contribution in [1.29, 1.82) is 0 Å². The quantitative estimate of drug-likeness (QED) is 0.588. The fourth-order valence-electron chi connectivity index (χ4n) is 1.45. The summed E-state index contributed by atoms with van der Waals surface area (Å²) in [6, 6.07) is 0. The van der Waals surface area contributed by atoms with Crippen LogP contribution < -0.4 is 5.32 Å². The van der Waals surface area contributed by atoms with Crippen LogP contribution in [-0.2, 0) is 0 Å². The molecule has 0 bridgehead atoms. The Morgan fingerprint density at radius 1 is 1.31 bits per heavy atom. The summed E-state index contributed by atoms with van der Waals surface area (Å²) in [4.78, 5) is 0. The molecule has 0 saturated heterocycles. The van der Waals surface area contributed by atoms with Crippen LogP contribution in [0.1, 0.15) is 32.1 Å². The molecule has 0 aromatic rings. The van der Waals surface area contributed by atoms with E-state index in [2.05, 4.69) is 11.6 Å². The number of unbranched alkanes of at least 4 members (excludes halogenated alkanes) is 2. The van der Waals surface area contributed by atoms with Gasteiger partial charge in [0.15, 0.2) is 0 Å². The molecule has 0 heterocycles. The highest BCUT2D eigenvalue weighted by Gasteiger charge is 2.41. The summed E-state index contributed by atoms with van der Waals surface area (Å²) in [7, 11) is 0. The van der Waals surface area contributed by atoms with E-state index in [1.165, 1.54) is 25.8 Å². The Bertz CT molecular complexity index is 137. The Hall–Kier alpha value is 0.270. The molecule has 0 amide bonds. The van der Waals surface area contributed by atoms with Gasteiger partial charge in [0.05, 0.1) is 0 Å². The molecule has 1 rings (SSSR count). The van der Waals surface area contributed by atoms with Crippen LogP contribution in [0.5, 0.6) is 0 Å². The van der Waals surface area contributed by atoms with Gasteiger partial charge in [0.25, 0.3) is 0 Å². The zero-order valence-corrected chi connectivity index (χ0v) is 9.33. The SMILES string of the molecule is CSC1(CNCCCCCO)CC1. The van der Waals surface area contributed by atoms with E-state index in [0.29, 0.717) is 11.4 Å². The van der Waals surface area contributed by atoms with E-state index in [9.17, 15) is 0 Å². The van der Waals surface area contributed by atoms with E-state index in [4.69, 9.17) is 5.11 Å². The fourth-order valence-corrected chi connectivity index (χ4v) is 2.20. The van der Waals surface area contributed by atoms with Crippen LogP contribution in [-0.4, -0.2) is 35.8 Å². The van der Waals surface area contributed by atoms with Crippen molar-refractivity contribution in [3.8, 4) is 0 Å². The molecule has 0 aliphatic heterocycles. The van der Waals surface area contributed by atoms with Gasteiger partial charge in [0.1, 0.15) is 0 Å². The van der Waals surface area contributed by atoms with Gasteiger partial charge in [0, 0.05) is 17.9 Å². The maximum absolute atomic E-state index is 8.58. The lowest BCUT2D eigenvalue weighted by atomic mass is 10.2. The third-order valence-corrected chi connectivity index (χ3v) is 4.12. The normalized spacial score (nSPS) is 18.9. The summed E-state index contributed by atoms with van der Waals surface area (Å²) >= 11 is 2.00. The van der Waals surface area contributed by atoms with Gasteiger partial charge in [0.2, 0.25) is 0 Å². The summed E-state index contributed by atoms with van der Waals surface area (Å²) in [5, 5.41) is 12.1. The standard InChI is InChI=1S/C10H21NOS/c1-13-10(5-6-10)9-11-7-3-2-4-8-12/h11-12H,2-9H2,1H3. The van der Waals surface area contributed by atoms with Gasteiger partial charge < -0.3 is 10.4 Å². The summed E-state index contributed by atoms with van der Waals surface area (Å²) in [5.41, 5.74) is 0. The molecule has 0 aromatic heterocycles. The molecule has 0 unspecified atom stereocenters. The van der Waals surface area contributed by atoms with Gasteiger partial charge in [-0.1, -0.05) is 0 Å². The van der Waals surface area contributed by atoms with Crippen molar-refractivity contribution < 1.29 is 5.11 Å². The highest BCUT2D eigenvalue weighted by atomic mass is 32.2. The van der Waals surface area contributed by atoms with E-state index >= 15 is 0 Å². The summed E-state index contributed by atoms with van der Waals surface area (Å²) in [5.74, 6) is 0. The lowest BCUT2D eigenvalue weighted by Crippen LogP contribution is -2.26. The zero-order valence-electron chi connectivity index (χ0n) is 8.51. The first kappa shape index (κ1) is 11.3. The fraction of sp³-hybridized carbons (Fsp3) is 1.00. The summed E-state index contributed by atoms with van der Waals surface area (Å²) < 4.78 is 0.594. The monoisotopic (exact) mass is 203 g/mol. The maximum Gasteiger partial charge on any atom is 0.0431 e. The Labute approximate surface area is 85.5 Å². The first-order valence-corrected chi connectivity index (χ1v) is 6.42. The molecule has 2 nitrogen and oxygen atoms in total. The average Bonchev–Trinajstić information content (AvgIpc) is 2.92. The number of aliphatic hydroxyl groups is 1. The lowest BCUT2D eigenvalue weighted by molar-refractivity contribution is 0.283. The second-order valence-corrected chi connectivity index (χ2v) is 5.12. The minimum absolute atomic E-state index is 0.342. The number of rotatable bonds is 8. The Morgan fingerprint density at radius 2 is 2.08 bits per heavy atom. The molecule has 0 radical (unpaired) electrons. The third kappa shape index (κ3) is 4.34. The highest BCUT2D eigenvalue weighted by Crippen LogP contribution is 2.46. The number of aliphatic hydroxyl groups excluding tert-OH is 1. The van der Waals surface area contributed by atoms with E-state index < -0.39 is 0 Å². The topological polar surface area (TPSA) is 32.3 Å². The summed E-state index contributed by atoms with van der Waals surface area (Å²) in [6.07, 6.45) is 8.28. The molecule has 3 heteroatoms. The number of hydrogen-bond acceptors (Lipinski definition) is 3. The van der Waals surface area contributed by atoms with E-state index in [0.717, 1.165) is 19.4 Å². The second kappa shape index (κ2) is 5.89. The Morgan fingerprint density at radius 3 is 2.62 bits per heavy atom. The van der Waals surface area contributed by atoms with E-state index in [1.54, 1.807) is 0 Å². The molecule has 1 fully saturated rings. The Kier molecular flexibility index (Phi) is 5.14. The molecular weight excluding hydrogens is 182 g/mol. The van der Waals surface area contributed by atoms with Crippen LogP contribution in [0, 0.1) is 0 Å². The molecule has 78 valence electrons. The highest BCUT2D eigenvalue weighted by molar-refractivity contribution is 8.00. The van der Waals surface area contributed by atoms with Gasteiger partial charge in [-0.05, 0) is 44.9 Å². The first-order valence-electron chi connectivity index (χ1n) is 5.20. The van der Waals surface area contributed by atoms with Crippen LogP contribution in [0.25, 0.3) is 0 Å². The molecule has 0 aromatic carbocycles. The predicted octanol–water partition coefficient (Wildman–Crippen LogP) is 1.63. The van der Waals surface area contributed by atoms with Gasteiger partial charge >= 0.3 is 0 Å². The van der Waals surface area contributed by atoms with Crippen molar-refractivity contribution in [2.45, 2.75) is 36.9 Å². The van der Waals surface area contributed by atoms with Gasteiger partial charge in [-0.15, -0.1) is 0 Å². The van der Waals surface area contributed by atoms with Crippen LogP contribution in [0.2, 0.25) is 0 Å². The van der Waals surface area contributed by atoms with Crippen molar-refractivity contribution in [2.24, 2.45) is 0 Å². The molecule has 13 heavy (non-hydrogen) atoms. The largest absolute Gasteiger partial charge is 0.396 e. The molecule has 0 spiro atoms. The molecule has 0 atom stereocenters. The van der Waals surface area contributed by atoms with Crippen molar-refractivity contribution in [3.05, 3.63) is 0 Å². The third-order valence-electron chi connectivity index (χ3n) is 2.70. The van der Waals surface area contributed by atoms with E-state index in [-0.39, 0.29) is 0 Å². The lowest BCUT2D eigenvalue weighted by Gasteiger charge is -2.12. The molecule has 1 saturated carbocycles.